The third-order valence-corrected chi connectivity index (χ3v) is 3.27. The highest BCUT2D eigenvalue weighted by Gasteiger charge is 2.25. The molecule has 7 heteroatoms. The first-order chi connectivity index (χ1) is 10.2. The van der Waals surface area contributed by atoms with Gasteiger partial charge in [0.15, 0.2) is 11.5 Å². The Morgan fingerprint density at radius 2 is 2.10 bits per heavy atom. The van der Waals surface area contributed by atoms with E-state index in [0.717, 1.165) is 0 Å². The summed E-state index contributed by atoms with van der Waals surface area (Å²) in [5.41, 5.74) is 0. The molecule has 0 bridgehead atoms. The first-order valence-electron chi connectivity index (χ1n) is 6.79. The number of nitrogens with zero attached hydrogens (tertiary/aromatic N) is 1. The van der Waals surface area contributed by atoms with Crippen LogP contribution in [0.25, 0.3) is 0 Å². The third-order valence-electron chi connectivity index (χ3n) is 3.27. The van der Waals surface area contributed by atoms with Gasteiger partial charge in [-0.15, -0.1) is 0 Å². The number of carbonyl (C=O) groups is 2. The predicted molar refractivity (Wildman–Crippen MR) is 72.3 cm³/mol. The highest BCUT2D eigenvalue weighted by molar-refractivity contribution is 5.82. The van der Waals surface area contributed by atoms with Crippen molar-refractivity contribution >= 4 is 12.0 Å². The van der Waals surface area contributed by atoms with E-state index in [1.54, 1.807) is 0 Å². The largest absolute Gasteiger partial charge is 0.486 e. The summed E-state index contributed by atoms with van der Waals surface area (Å²) in [5, 5.41) is 2.74. The Morgan fingerprint density at radius 3 is 2.86 bits per heavy atom. The van der Waals surface area contributed by atoms with Crippen LogP contribution in [0.5, 0.6) is 11.5 Å². The van der Waals surface area contributed by atoms with E-state index in [-0.39, 0.29) is 18.6 Å². The molecule has 0 aromatic heterocycles. The Morgan fingerprint density at radius 1 is 1.29 bits per heavy atom. The topological polar surface area (TPSA) is 77.1 Å². The second kappa shape index (κ2) is 5.90. The molecule has 2 aliphatic heterocycles. The van der Waals surface area contributed by atoms with Crippen LogP contribution in [0, 0.1) is 0 Å². The number of ether oxygens (including phenoxy) is 3. The minimum Gasteiger partial charge on any atom is -0.486 e. The van der Waals surface area contributed by atoms with Crippen LogP contribution in [0.4, 0.5) is 4.79 Å². The van der Waals surface area contributed by atoms with Crippen molar-refractivity contribution in [3.63, 3.8) is 0 Å². The van der Waals surface area contributed by atoms with Crippen molar-refractivity contribution in [1.29, 1.82) is 0 Å². The van der Waals surface area contributed by atoms with E-state index in [1.165, 1.54) is 4.90 Å². The number of hydrogen-bond donors (Lipinski definition) is 1. The molecule has 0 spiro atoms. The minimum atomic E-state index is -0.448. The summed E-state index contributed by atoms with van der Waals surface area (Å²) in [6.45, 7) is 1.49. The lowest BCUT2D eigenvalue weighted by Gasteiger charge is -2.26. The van der Waals surface area contributed by atoms with E-state index in [4.69, 9.17) is 14.2 Å². The molecule has 1 N–H and O–H groups in total. The molecule has 1 atom stereocenters. The molecule has 0 saturated carbocycles. The standard InChI is InChI=1S/C14H16N2O5/c17-13(8-16-5-6-19-14(16)18)15-7-10-9-20-11-3-1-2-4-12(11)21-10/h1-4,10H,5-9H2,(H,15,17)/t10-/m1/s1. The Labute approximate surface area is 121 Å². The molecule has 0 aliphatic carbocycles. The Balaban J connectivity index is 1.45. The van der Waals surface area contributed by atoms with Crippen molar-refractivity contribution in [2.75, 3.05) is 32.8 Å². The molecule has 112 valence electrons. The van der Waals surface area contributed by atoms with Crippen LogP contribution >= 0.6 is 0 Å². The lowest BCUT2D eigenvalue weighted by atomic mass is 10.2. The molecular formula is C14H16N2O5. The number of rotatable bonds is 4. The van der Waals surface area contributed by atoms with Crippen LogP contribution in [0.2, 0.25) is 0 Å². The maximum atomic E-state index is 11.8. The summed E-state index contributed by atoms with van der Waals surface area (Å²) in [6.07, 6.45) is -0.689. The van der Waals surface area contributed by atoms with E-state index in [1.807, 2.05) is 24.3 Å². The number of carbonyl (C=O) groups excluding carboxylic acids is 2. The third kappa shape index (κ3) is 3.18. The fourth-order valence-electron chi connectivity index (χ4n) is 2.19. The fraction of sp³-hybridized carbons (Fsp3) is 0.429. The van der Waals surface area contributed by atoms with Crippen molar-refractivity contribution in [2.45, 2.75) is 6.10 Å². The first-order valence-corrected chi connectivity index (χ1v) is 6.79. The number of nitrogens with one attached hydrogen (secondary N) is 1. The average molecular weight is 292 g/mol. The maximum Gasteiger partial charge on any atom is 0.410 e. The highest BCUT2D eigenvalue weighted by atomic mass is 16.6. The van der Waals surface area contributed by atoms with Crippen LogP contribution in [0.15, 0.2) is 24.3 Å². The monoisotopic (exact) mass is 292 g/mol. The van der Waals surface area contributed by atoms with Crippen molar-refractivity contribution in [2.24, 2.45) is 0 Å². The number of hydrogen-bond acceptors (Lipinski definition) is 5. The Hall–Kier alpha value is -2.44. The van der Waals surface area contributed by atoms with Gasteiger partial charge in [-0.25, -0.2) is 4.79 Å². The molecule has 0 unspecified atom stereocenters. The molecule has 2 heterocycles. The van der Waals surface area contributed by atoms with E-state index in [2.05, 4.69) is 5.32 Å². The molecule has 0 radical (unpaired) electrons. The normalized spacial score (nSPS) is 20.1. The van der Waals surface area contributed by atoms with Crippen LogP contribution in [-0.4, -0.2) is 55.9 Å². The number of benzene rings is 1. The summed E-state index contributed by atoms with van der Waals surface area (Å²) < 4.78 is 16.0. The van der Waals surface area contributed by atoms with E-state index in [0.29, 0.717) is 37.8 Å². The van der Waals surface area contributed by atoms with Gasteiger partial charge in [0.25, 0.3) is 0 Å². The Bertz CT molecular complexity index is 548. The van der Waals surface area contributed by atoms with Gasteiger partial charge >= 0.3 is 6.09 Å². The van der Waals surface area contributed by atoms with Crippen molar-refractivity contribution in [3.8, 4) is 11.5 Å². The number of cyclic esters (lactones) is 1. The molecule has 1 fully saturated rings. The van der Waals surface area contributed by atoms with E-state index in [9.17, 15) is 9.59 Å². The Kier molecular flexibility index (Phi) is 3.81. The summed E-state index contributed by atoms with van der Waals surface area (Å²) in [4.78, 5) is 24.4. The minimum absolute atomic E-state index is 0.00297. The predicted octanol–water partition coefficient (Wildman–Crippen LogP) is 0.395. The first kappa shape index (κ1) is 13.5. The molecule has 2 aliphatic rings. The molecule has 7 nitrogen and oxygen atoms in total. The summed E-state index contributed by atoms with van der Waals surface area (Å²) >= 11 is 0. The molecule has 21 heavy (non-hydrogen) atoms. The van der Waals surface area contributed by atoms with Crippen LogP contribution in [0.3, 0.4) is 0 Å². The van der Waals surface area contributed by atoms with Crippen LogP contribution < -0.4 is 14.8 Å². The van der Waals surface area contributed by atoms with Gasteiger partial charge in [-0.05, 0) is 12.1 Å². The molecular weight excluding hydrogens is 276 g/mol. The van der Waals surface area contributed by atoms with Crippen molar-refractivity contribution < 1.29 is 23.8 Å². The number of amides is 2. The lowest BCUT2D eigenvalue weighted by Crippen LogP contribution is -2.44. The number of para-hydroxylation sites is 2. The van der Waals surface area contributed by atoms with Gasteiger partial charge in [0.05, 0.1) is 13.1 Å². The van der Waals surface area contributed by atoms with E-state index >= 15 is 0 Å². The second-order valence-electron chi connectivity index (χ2n) is 4.84. The van der Waals surface area contributed by atoms with Crippen LogP contribution in [0.1, 0.15) is 0 Å². The summed E-state index contributed by atoms with van der Waals surface area (Å²) in [5.74, 6) is 1.14. The molecule has 1 aromatic carbocycles. The second-order valence-corrected chi connectivity index (χ2v) is 4.84. The summed E-state index contributed by atoms with van der Waals surface area (Å²) in [7, 11) is 0. The van der Waals surface area contributed by atoms with Gasteiger partial charge in [-0.3, -0.25) is 9.69 Å². The highest BCUT2D eigenvalue weighted by Crippen LogP contribution is 2.30. The van der Waals surface area contributed by atoms with Crippen LogP contribution in [-0.2, 0) is 9.53 Å². The van der Waals surface area contributed by atoms with Gasteiger partial charge in [-0.2, -0.15) is 0 Å². The zero-order chi connectivity index (χ0) is 14.7. The lowest BCUT2D eigenvalue weighted by molar-refractivity contribution is -0.122. The average Bonchev–Trinajstić information content (AvgIpc) is 2.90. The SMILES string of the molecule is O=C(CN1CCOC1=O)NC[C@@H]1COc2ccccc2O1. The summed E-state index contributed by atoms with van der Waals surface area (Å²) in [6, 6.07) is 7.40. The van der Waals surface area contributed by atoms with Crippen molar-refractivity contribution in [1.82, 2.24) is 10.2 Å². The molecule has 1 aromatic rings. The van der Waals surface area contributed by atoms with Crippen molar-refractivity contribution in [3.05, 3.63) is 24.3 Å². The molecule has 1 saturated heterocycles. The van der Waals surface area contributed by atoms with Gasteiger partial charge in [0.1, 0.15) is 25.9 Å². The van der Waals surface area contributed by atoms with Gasteiger partial charge in [0, 0.05) is 0 Å². The quantitative estimate of drug-likeness (QED) is 0.869. The smallest absolute Gasteiger partial charge is 0.410 e. The van der Waals surface area contributed by atoms with Gasteiger partial charge in [-0.1, -0.05) is 12.1 Å². The van der Waals surface area contributed by atoms with Gasteiger partial charge < -0.3 is 19.5 Å². The van der Waals surface area contributed by atoms with E-state index < -0.39 is 6.09 Å². The molecule has 2 amide bonds. The fourth-order valence-corrected chi connectivity index (χ4v) is 2.19. The molecule has 3 rings (SSSR count). The number of fused-ring (bicyclic) bond motifs is 1. The van der Waals surface area contributed by atoms with Gasteiger partial charge in [0.2, 0.25) is 5.91 Å². The maximum absolute atomic E-state index is 11.8. The zero-order valence-electron chi connectivity index (χ0n) is 11.4. The zero-order valence-corrected chi connectivity index (χ0v) is 11.4.